The summed E-state index contributed by atoms with van der Waals surface area (Å²) in [6.07, 6.45) is 1.28. The van der Waals surface area contributed by atoms with Crippen LogP contribution in [0.2, 0.25) is 0 Å². The molecule has 0 fully saturated rings. The van der Waals surface area contributed by atoms with Gasteiger partial charge in [-0.1, -0.05) is 30.3 Å². The smallest absolute Gasteiger partial charge is 0.226 e. The highest BCUT2D eigenvalue weighted by atomic mass is 32.2. The number of carbonyl (C=O) groups is 1. The summed E-state index contributed by atoms with van der Waals surface area (Å²) in [6, 6.07) is 17.9. The maximum absolute atomic E-state index is 12.2. The minimum Gasteiger partial charge on any atom is -0.493 e. The lowest BCUT2D eigenvalue weighted by molar-refractivity contribution is -0.116. The minimum absolute atomic E-state index is 0.0224. The molecule has 148 valence electrons. The van der Waals surface area contributed by atoms with Crippen LogP contribution in [0, 0.1) is 0 Å². The van der Waals surface area contributed by atoms with Gasteiger partial charge in [0.2, 0.25) is 5.91 Å². The van der Waals surface area contributed by atoms with Crippen LogP contribution >= 0.6 is 23.1 Å². The van der Waals surface area contributed by atoms with E-state index in [9.17, 15) is 4.79 Å². The summed E-state index contributed by atoms with van der Waals surface area (Å²) in [5.41, 5.74) is 1.39. The van der Waals surface area contributed by atoms with Gasteiger partial charge >= 0.3 is 0 Å². The zero-order chi connectivity index (χ0) is 20.1. The van der Waals surface area contributed by atoms with Gasteiger partial charge in [0, 0.05) is 22.1 Å². The van der Waals surface area contributed by atoms with Crippen LogP contribution in [0.3, 0.4) is 0 Å². The van der Waals surface area contributed by atoms with E-state index in [0.717, 1.165) is 17.6 Å². The molecule has 4 aromatic rings. The number of aromatic nitrogens is 1. The van der Waals surface area contributed by atoms with Crippen molar-refractivity contribution in [2.45, 2.75) is 17.7 Å². The average molecular weight is 425 g/mol. The quantitative estimate of drug-likeness (QED) is 0.274. The monoisotopic (exact) mass is 424 g/mol. The van der Waals surface area contributed by atoms with Gasteiger partial charge in [0.1, 0.15) is 5.69 Å². The number of nitrogens with one attached hydrogen (secondary N) is 1. The number of fused-ring (bicyclic) bond motifs is 1. The number of nitrogens with zero attached hydrogens (tertiary/aromatic N) is 1. The molecule has 1 N–H and O–H groups in total. The van der Waals surface area contributed by atoms with E-state index in [1.807, 2.05) is 47.8 Å². The number of rotatable bonds is 8. The van der Waals surface area contributed by atoms with Crippen molar-refractivity contribution in [2.75, 3.05) is 18.2 Å². The summed E-state index contributed by atoms with van der Waals surface area (Å²) in [4.78, 5) is 17.9. The molecule has 2 heterocycles. The number of ether oxygens (including phenoxy) is 1. The molecule has 0 atom stereocenters. The molecule has 0 spiro atoms. The average Bonchev–Trinajstić information content (AvgIpc) is 3.38. The Morgan fingerprint density at radius 1 is 1.21 bits per heavy atom. The molecular weight excluding hydrogens is 404 g/mol. The molecule has 0 saturated heterocycles. The van der Waals surface area contributed by atoms with Crippen LogP contribution < -0.4 is 10.1 Å². The Morgan fingerprint density at radius 2 is 2.07 bits per heavy atom. The van der Waals surface area contributed by atoms with Gasteiger partial charge in [0.05, 0.1) is 7.11 Å². The molecule has 0 unspecified atom stereocenters. The highest BCUT2D eigenvalue weighted by Gasteiger charge is 2.14. The zero-order valence-corrected chi connectivity index (χ0v) is 17.5. The Balaban J connectivity index is 1.32. The SMILES string of the molecule is COc1cccc2cc(-c3csc(NC(=O)CCCSc4ccccc4)n3)oc12. The van der Waals surface area contributed by atoms with Crippen molar-refractivity contribution in [2.24, 2.45) is 0 Å². The molecular formula is C22H20N2O3S2. The number of para-hydroxylation sites is 1. The van der Waals surface area contributed by atoms with Crippen LogP contribution in [-0.2, 0) is 4.79 Å². The number of carbonyl (C=O) groups excluding carboxylic acids is 1. The summed E-state index contributed by atoms with van der Waals surface area (Å²) in [7, 11) is 1.62. The van der Waals surface area contributed by atoms with Crippen molar-refractivity contribution in [3.63, 3.8) is 0 Å². The van der Waals surface area contributed by atoms with Gasteiger partial charge in [-0.2, -0.15) is 0 Å². The van der Waals surface area contributed by atoms with Crippen LogP contribution in [0.25, 0.3) is 22.4 Å². The predicted molar refractivity (Wildman–Crippen MR) is 119 cm³/mol. The third kappa shape index (κ3) is 4.81. The summed E-state index contributed by atoms with van der Waals surface area (Å²) in [6.45, 7) is 0. The van der Waals surface area contributed by atoms with Crippen LogP contribution in [0.5, 0.6) is 5.75 Å². The highest BCUT2D eigenvalue weighted by Crippen LogP contribution is 2.34. The fourth-order valence-corrected chi connectivity index (χ4v) is 4.48. The Hall–Kier alpha value is -2.77. The standard InChI is InChI=1S/C22H20N2O3S2/c1-26-18-10-5-7-15-13-19(27-21(15)18)17-14-29-22(23-17)24-20(25)11-6-12-28-16-8-3-2-4-9-16/h2-5,7-10,13-14H,6,11-12H2,1H3,(H,23,24,25). The predicted octanol–water partition coefficient (Wildman–Crippen LogP) is 6.08. The van der Waals surface area contributed by atoms with Crippen molar-refractivity contribution in [1.29, 1.82) is 0 Å². The van der Waals surface area contributed by atoms with E-state index in [1.165, 1.54) is 16.2 Å². The van der Waals surface area contributed by atoms with Crippen LogP contribution in [0.1, 0.15) is 12.8 Å². The van der Waals surface area contributed by atoms with E-state index >= 15 is 0 Å². The molecule has 0 aliphatic carbocycles. The van der Waals surface area contributed by atoms with Gasteiger partial charge in [-0.25, -0.2) is 4.98 Å². The van der Waals surface area contributed by atoms with Crippen LogP contribution in [0.4, 0.5) is 5.13 Å². The van der Waals surface area contributed by atoms with Crippen molar-refractivity contribution < 1.29 is 13.9 Å². The molecule has 0 bridgehead atoms. The molecule has 29 heavy (non-hydrogen) atoms. The second-order valence-electron chi connectivity index (χ2n) is 6.34. The lowest BCUT2D eigenvalue weighted by atomic mass is 10.2. The Kier molecular flexibility index (Phi) is 6.17. The van der Waals surface area contributed by atoms with Gasteiger partial charge in [0.25, 0.3) is 0 Å². The highest BCUT2D eigenvalue weighted by molar-refractivity contribution is 7.99. The number of anilines is 1. The second-order valence-corrected chi connectivity index (χ2v) is 8.37. The first-order valence-electron chi connectivity index (χ1n) is 9.23. The van der Waals surface area contributed by atoms with E-state index < -0.39 is 0 Å². The van der Waals surface area contributed by atoms with E-state index in [0.29, 0.717) is 34.3 Å². The van der Waals surface area contributed by atoms with E-state index in [4.69, 9.17) is 9.15 Å². The first-order valence-corrected chi connectivity index (χ1v) is 11.1. The molecule has 1 amide bonds. The van der Waals surface area contributed by atoms with Crippen LogP contribution in [0.15, 0.2) is 69.3 Å². The van der Waals surface area contributed by atoms with E-state index in [-0.39, 0.29) is 5.91 Å². The molecule has 7 heteroatoms. The number of hydrogen-bond donors (Lipinski definition) is 1. The molecule has 2 aromatic heterocycles. The van der Waals surface area contributed by atoms with Gasteiger partial charge in [-0.15, -0.1) is 23.1 Å². The number of furan rings is 1. The van der Waals surface area contributed by atoms with Crippen LogP contribution in [-0.4, -0.2) is 23.8 Å². The number of thiazole rings is 1. The Morgan fingerprint density at radius 3 is 2.90 bits per heavy atom. The number of thioether (sulfide) groups is 1. The van der Waals surface area contributed by atoms with Gasteiger partial charge < -0.3 is 14.5 Å². The minimum atomic E-state index is -0.0224. The number of amides is 1. The van der Waals surface area contributed by atoms with Crippen molar-refractivity contribution in [3.05, 3.63) is 60.0 Å². The van der Waals surface area contributed by atoms with Crippen molar-refractivity contribution >= 4 is 45.1 Å². The number of hydrogen-bond acceptors (Lipinski definition) is 6. The third-order valence-corrected chi connectivity index (χ3v) is 6.15. The van der Waals surface area contributed by atoms with Gasteiger partial charge in [-0.05, 0) is 36.4 Å². The maximum atomic E-state index is 12.2. The summed E-state index contributed by atoms with van der Waals surface area (Å²) in [5.74, 6) is 2.22. The summed E-state index contributed by atoms with van der Waals surface area (Å²) >= 11 is 3.15. The molecule has 5 nitrogen and oxygen atoms in total. The molecule has 0 aliphatic heterocycles. The largest absolute Gasteiger partial charge is 0.493 e. The second kappa shape index (κ2) is 9.15. The molecule has 0 saturated carbocycles. The first-order chi connectivity index (χ1) is 14.2. The molecule has 0 aliphatic rings. The molecule has 2 aromatic carbocycles. The van der Waals surface area contributed by atoms with Gasteiger partial charge in [-0.3, -0.25) is 4.79 Å². The van der Waals surface area contributed by atoms with E-state index in [2.05, 4.69) is 22.4 Å². The lowest BCUT2D eigenvalue weighted by Crippen LogP contribution is -2.11. The Bertz CT molecular complexity index is 1110. The zero-order valence-electron chi connectivity index (χ0n) is 15.9. The molecule has 0 radical (unpaired) electrons. The Labute approximate surface area is 177 Å². The molecule has 4 rings (SSSR count). The maximum Gasteiger partial charge on any atom is 0.226 e. The normalized spacial score (nSPS) is 10.9. The van der Waals surface area contributed by atoms with Crippen molar-refractivity contribution in [1.82, 2.24) is 4.98 Å². The fourth-order valence-electron chi connectivity index (χ4n) is 2.89. The van der Waals surface area contributed by atoms with E-state index in [1.54, 1.807) is 18.9 Å². The van der Waals surface area contributed by atoms with Crippen molar-refractivity contribution in [3.8, 4) is 17.2 Å². The number of benzene rings is 2. The van der Waals surface area contributed by atoms with Gasteiger partial charge in [0.15, 0.2) is 22.2 Å². The number of methoxy groups -OCH3 is 1. The summed E-state index contributed by atoms with van der Waals surface area (Å²) < 4.78 is 11.3. The summed E-state index contributed by atoms with van der Waals surface area (Å²) in [5, 5.41) is 6.29. The fraction of sp³-hybridized carbons (Fsp3) is 0.182. The topological polar surface area (TPSA) is 64.4 Å². The third-order valence-electron chi connectivity index (χ3n) is 4.29. The lowest BCUT2D eigenvalue weighted by Gasteiger charge is -2.02. The first kappa shape index (κ1) is 19.5.